The summed E-state index contributed by atoms with van der Waals surface area (Å²) in [6.07, 6.45) is 1.78. The number of benzene rings is 1. The molecular weight excluding hydrogens is 263 g/mol. The van der Waals surface area contributed by atoms with Gasteiger partial charge in [-0.2, -0.15) is 0 Å². The Balaban J connectivity index is 2.97. The summed E-state index contributed by atoms with van der Waals surface area (Å²) in [6.45, 7) is 5.88. The molecule has 0 aliphatic carbocycles. The molecule has 0 spiro atoms. The van der Waals surface area contributed by atoms with E-state index in [1.165, 1.54) is 0 Å². The van der Waals surface area contributed by atoms with Crippen molar-refractivity contribution in [3.63, 3.8) is 0 Å². The maximum Gasteiger partial charge on any atom is 0.282 e. The molecule has 0 fully saturated rings. The van der Waals surface area contributed by atoms with Gasteiger partial charge < -0.3 is 5.32 Å². The molecular formula is C14H19FN2O3. The van der Waals surface area contributed by atoms with Gasteiger partial charge >= 0.3 is 0 Å². The highest BCUT2D eigenvalue weighted by Gasteiger charge is 2.23. The van der Waals surface area contributed by atoms with Gasteiger partial charge in [0.1, 0.15) is 11.4 Å². The molecule has 1 N–H and O–H groups in total. The molecule has 0 bridgehead atoms. The van der Waals surface area contributed by atoms with Gasteiger partial charge in [-0.25, -0.2) is 4.39 Å². The smallest absolute Gasteiger partial charge is 0.282 e. The van der Waals surface area contributed by atoms with Gasteiger partial charge in [0.15, 0.2) is 0 Å². The quantitative estimate of drug-likeness (QED) is 0.642. The number of nitrogens with zero attached hydrogens (tertiary/aromatic N) is 1. The van der Waals surface area contributed by atoms with Crippen LogP contribution in [-0.2, 0) is 0 Å². The molecule has 110 valence electrons. The van der Waals surface area contributed by atoms with Crippen LogP contribution in [0.2, 0.25) is 0 Å². The first kappa shape index (κ1) is 16.1. The van der Waals surface area contributed by atoms with Crippen molar-refractivity contribution in [3.05, 3.63) is 39.7 Å². The predicted octanol–water partition coefficient (Wildman–Crippen LogP) is 3.29. The highest BCUT2D eigenvalue weighted by Crippen LogP contribution is 2.20. The maximum absolute atomic E-state index is 13.2. The van der Waals surface area contributed by atoms with Gasteiger partial charge in [0.25, 0.3) is 11.6 Å². The number of nitro benzene ring substituents is 1. The van der Waals surface area contributed by atoms with Crippen LogP contribution >= 0.6 is 0 Å². The lowest BCUT2D eigenvalue weighted by Crippen LogP contribution is -2.38. The van der Waals surface area contributed by atoms with Crippen molar-refractivity contribution in [1.82, 2.24) is 5.32 Å². The minimum Gasteiger partial charge on any atom is -0.349 e. The Morgan fingerprint density at radius 1 is 1.40 bits per heavy atom. The molecule has 1 amide bonds. The SMILES string of the molecule is CCC(CC)C(C)NC(=O)c1cc(F)ccc1[N+](=O)[O-]. The van der Waals surface area contributed by atoms with Crippen LogP contribution in [0.4, 0.5) is 10.1 Å². The fraction of sp³-hybridized carbons (Fsp3) is 0.500. The molecule has 1 rings (SSSR count). The fourth-order valence-electron chi connectivity index (χ4n) is 2.25. The summed E-state index contributed by atoms with van der Waals surface area (Å²) in [5, 5.41) is 13.6. The van der Waals surface area contributed by atoms with Crippen LogP contribution in [0.15, 0.2) is 18.2 Å². The highest BCUT2D eigenvalue weighted by molar-refractivity contribution is 5.98. The first-order valence-corrected chi connectivity index (χ1v) is 6.65. The van der Waals surface area contributed by atoms with E-state index in [1.807, 2.05) is 20.8 Å². The van der Waals surface area contributed by atoms with Gasteiger partial charge in [0.05, 0.1) is 4.92 Å². The standard InChI is InChI=1S/C14H19FN2O3/c1-4-10(5-2)9(3)16-14(18)12-8-11(15)6-7-13(12)17(19)20/h6-10H,4-5H2,1-3H3,(H,16,18). The van der Waals surface area contributed by atoms with E-state index in [-0.39, 0.29) is 23.2 Å². The number of hydrogen-bond acceptors (Lipinski definition) is 3. The molecule has 0 aliphatic heterocycles. The molecule has 0 saturated heterocycles. The fourth-order valence-corrected chi connectivity index (χ4v) is 2.25. The number of halogens is 1. The number of carbonyl (C=O) groups excluding carboxylic acids is 1. The van der Waals surface area contributed by atoms with Crippen LogP contribution in [0, 0.1) is 21.8 Å². The third-order valence-corrected chi connectivity index (χ3v) is 3.51. The molecule has 0 aromatic heterocycles. The molecule has 20 heavy (non-hydrogen) atoms. The van der Waals surface area contributed by atoms with Crippen molar-refractivity contribution < 1.29 is 14.1 Å². The summed E-state index contributed by atoms with van der Waals surface area (Å²) < 4.78 is 13.2. The van der Waals surface area contributed by atoms with Crippen LogP contribution in [0.25, 0.3) is 0 Å². The molecule has 0 saturated carbocycles. The maximum atomic E-state index is 13.2. The summed E-state index contributed by atoms with van der Waals surface area (Å²) in [5.41, 5.74) is -0.631. The minimum atomic E-state index is -0.684. The largest absolute Gasteiger partial charge is 0.349 e. The summed E-state index contributed by atoms with van der Waals surface area (Å²) in [5.74, 6) is -1.00. The molecule has 5 nitrogen and oxygen atoms in total. The Morgan fingerprint density at radius 3 is 2.50 bits per heavy atom. The Morgan fingerprint density at radius 2 is 2.00 bits per heavy atom. The normalized spacial score (nSPS) is 12.2. The molecule has 0 radical (unpaired) electrons. The number of nitro groups is 1. The Labute approximate surface area is 117 Å². The van der Waals surface area contributed by atoms with Gasteiger partial charge in [-0.05, 0) is 25.0 Å². The second kappa shape index (κ2) is 6.98. The van der Waals surface area contributed by atoms with Gasteiger partial charge in [0.2, 0.25) is 0 Å². The third-order valence-electron chi connectivity index (χ3n) is 3.51. The number of amides is 1. The average Bonchev–Trinajstić information content (AvgIpc) is 2.39. The van der Waals surface area contributed by atoms with Crippen molar-refractivity contribution in [1.29, 1.82) is 0 Å². The van der Waals surface area contributed by atoms with Crippen LogP contribution in [0.5, 0.6) is 0 Å². The zero-order valence-electron chi connectivity index (χ0n) is 11.9. The summed E-state index contributed by atoms with van der Waals surface area (Å²) in [7, 11) is 0. The summed E-state index contributed by atoms with van der Waals surface area (Å²) in [6, 6.07) is 2.75. The third kappa shape index (κ3) is 3.76. The van der Waals surface area contributed by atoms with E-state index >= 15 is 0 Å². The van der Waals surface area contributed by atoms with Crippen molar-refractivity contribution >= 4 is 11.6 Å². The molecule has 1 aromatic carbocycles. The first-order valence-electron chi connectivity index (χ1n) is 6.65. The zero-order valence-corrected chi connectivity index (χ0v) is 11.9. The summed E-state index contributed by atoms with van der Waals surface area (Å²) >= 11 is 0. The molecule has 0 heterocycles. The molecule has 0 aliphatic rings. The first-order chi connectivity index (χ1) is 9.40. The number of hydrogen-bond donors (Lipinski definition) is 1. The van der Waals surface area contributed by atoms with E-state index < -0.39 is 16.6 Å². The van der Waals surface area contributed by atoms with E-state index in [2.05, 4.69) is 5.32 Å². The average molecular weight is 282 g/mol. The lowest BCUT2D eigenvalue weighted by Gasteiger charge is -2.22. The van der Waals surface area contributed by atoms with E-state index in [9.17, 15) is 19.3 Å². The second-order valence-corrected chi connectivity index (χ2v) is 4.76. The van der Waals surface area contributed by atoms with Crippen molar-refractivity contribution in [2.45, 2.75) is 39.7 Å². The van der Waals surface area contributed by atoms with Gasteiger partial charge in [-0.15, -0.1) is 0 Å². The topological polar surface area (TPSA) is 72.2 Å². The molecule has 1 unspecified atom stereocenters. The van der Waals surface area contributed by atoms with Crippen LogP contribution in [0.1, 0.15) is 44.0 Å². The van der Waals surface area contributed by atoms with E-state index in [1.54, 1.807) is 0 Å². The van der Waals surface area contributed by atoms with Crippen molar-refractivity contribution in [2.24, 2.45) is 5.92 Å². The lowest BCUT2D eigenvalue weighted by molar-refractivity contribution is -0.385. The van der Waals surface area contributed by atoms with E-state index in [0.29, 0.717) is 0 Å². The molecule has 6 heteroatoms. The molecule has 1 aromatic rings. The number of carbonyl (C=O) groups is 1. The Kier molecular flexibility index (Phi) is 5.61. The van der Waals surface area contributed by atoms with Gasteiger partial charge in [0, 0.05) is 12.1 Å². The Hall–Kier alpha value is -1.98. The van der Waals surface area contributed by atoms with Crippen molar-refractivity contribution in [3.8, 4) is 0 Å². The van der Waals surface area contributed by atoms with Crippen LogP contribution < -0.4 is 5.32 Å². The van der Waals surface area contributed by atoms with E-state index in [0.717, 1.165) is 31.0 Å². The molecule has 1 atom stereocenters. The second-order valence-electron chi connectivity index (χ2n) is 4.76. The minimum absolute atomic E-state index is 0.125. The van der Waals surface area contributed by atoms with Gasteiger partial charge in [-0.1, -0.05) is 26.7 Å². The van der Waals surface area contributed by atoms with Crippen molar-refractivity contribution in [2.75, 3.05) is 0 Å². The van der Waals surface area contributed by atoms with Gasteiger partial charge in [-0.3, -0.25) is 14.9 Å². The predicted molar refractivity (Wildman–Crippen MR) is 74.1 cm³/mol. The van der Waals surface area contributed by atoms with E-state index in [4.69, 9.17) is 0 Å². The number of nitrogens with one attached hydrogen (secondary N) is 1. The van der Waals surface area contributed by atoms with Crippen LogP contribution in [-0.4, -0.2) is 16.9 Å². The lowest BCUT2D eigenvalue weighted by atomic mass is 9.95. The Bertz CT molecular complexity index is 501. The number of rotatable bonds is 6. The van der Waals surface area contributed by atoms with Crippen LogP contribution in [0.3, 0.4) is 0 Å². The summed E-state index contributed by atoms with van der Waals surface area (Å²) in [4.78, 5) is 22.3. The highest BCUT2D eigenvalue weighted by atomic mass is 19.1. The zero-order chi connectivity index (χ0) is 15.3. The monoisotopic (exact) mass is 282 g/mol.